The molecule has 0 bridgehead atoms. The van der Waals surface area contributed by atoms with Crippen molar-refractivity contribution in [2.24, 2.45) is 5.73 Å². The van der Waals surface area contributed by atoms with Crippen molar-refractivity contribution in [3.63, 3.8) is 0 Å². The number of benzene rings is 1. The summed E-state index contributed by atoms with van der Waals surface area (Å²) in [7, 11) is 0. The molecule has 0 aliphatic carbocycles. The molecule has 3 atom stereocenters. The fourth-order valence-electron chi connectivity index (χ4n) is 3.18. The normalized spacial score (nSPS) is 27.1. The Balaban J connectivity index is 2.23. The number of aromatic hydroxyl groups is 1. The van der Waals surface area contributed by atoms with Gasteiger partial charge in [-0.25, -0.2) is 0 Å². The minimum Gasteiger partial charge on any atom is -0.508 e. The monoisotopic (exact) mass is 248 g/mol. The summed E-state index contributed by atoms with van der Waals surface area (Å²) in [5.74, 6) is 0.314. The van der Waals surface area contributed by atoms with Crippen LogP contribution in [-0.4, -0.2) is 28.6 Å². The van der Waals surface area contributed by atoms with Gasteiger partial charge < -0.3 is 10.8 Å². The van der Waals surface area contributed by atoms with E-state index >= 15 is 0 Å². The van der Waals surface area contributed by atoms with Crippen LogP contribution in [0.2, 0.25) is 0 Å². The van der Waals surface area contributed by atoms with E-state index < -0.39 is 0 Å². The van der Waals surface area contributed by atoms with E-state index in [1.54, 1.807) is 12.1 Å². The van der Waals surface area contributed by atoms with E-state index in [-0.39, 0.29) is 6.04 Å². The van der Waals surface area contributed by atoms with E-state index in [0.717, 1.165) is 0 Å². The summed E-state index contributed by atoms with van der Waals surface area (Å²) in [6.45, 7) is 5.21. The fraction of sp³-hybridized carbons (Fsp3) is 0.600. The highest BCUT2D eigenvalue weighted by atomic mass is 16.3. The Hall–Kier alpha value is -1.06. The first-order valence-corrected chi connectivity index (χ1v) is 6.90. The van der Waals surface area contributed by atoms with Crippen molar-refractivity contribution in [3.8, 4) is 5.75 Å². The van der Waals surface area contributed by atoms with Gasteiger partial charge in [0, 0.05) is 24.7 Å². The molecule has 1 aromatic carbocycles. The van der Waals surface area contributed by atoms with Gasteiger partial charge in [-0.2, -0.15) is 0 Å². The van der Waals surface area contributed by atoms with Crippen LogP contribution in [0.3, 0.4) is 0 Å². The number of phenols is 1. The average molecular weight is 248 g/mol. The third-order valence-electron chi connectivity index (χ3n) is 4.12. The molecule has 1 aliphatic heterocycles. The molecule has 0 saturated carbocycles. The second-order valence-electron chi connectivity index (χ2n) is 5.42. The topological polar surface area (TPSA) is 49.5 Å². The maximum atomic E-state index is 9.38. The first kappa shape index (κ1) is 13.4. The smallest absolute Gasteiger partial charge is 0.115 e. The maximum absolute atomic E-state index is 9.38. The second kappa shape index (κ2) is 5.72. The van der Waals surface area contributed by atoms with Gasteiger partial charge in [0.25, 0.3) is 0 Å². The Morgan fingerprint density at radius 2 is 1.78 bits per heavy atom. The molecule has 3 heteroatoms. The van der Waals surface area contributed by atoms with Gasteiger partial charge in [-0.15, -0.1) is 0 Å². The third kappa shape index (κ3) is 2.68. The van der Waals surface area contributed by atoms with Crippen LogP contribution in [-0.2, 0) is 0 Å². The summed E-state index contributed by atoms with van der Waals surface area (Å²) in [6.07, 6.45) is 3.81. The average Bonchev–Trinajstić information content (AvgIpc) is 2.35. The SMILES string of the molecule is CC1CCCC(C)N1C(CN)c1ccc(O)cc1. The van der Waals surface area contributed by atoms with Crippen LogP contribution in [0, 0.1) is 0 Å². The van der Waals surface area contributed by atoms with Crippen LogP contribution in [0.25, 0.3) is 0 Å². The molecule has 0 aromatic heterocycles. The standard InChI is InChI=1S/C15H24N2O/c1-11-4-3-5-12(2)17(11)15(10-16)13-6-8-14(18)9-7-13/h6-9,11-12,15,18H,3-5,10,16H2,1-2H3. The van der Waals surface area contributed by atoms with Gasteiger partial charge in [-0.1, -0.05) is 18.6 Å². The summed E-state index contributed by atoms with van der Waals surface area (Å²) >= 11 is 0. The van der Waals surface area contributed by atoms with Crippen molar-refractivity contribution in [2.45, 2.75) is 51.2 Å². The lowest BCUT2D eigenvalue weighted by molar-refractivity contribution is 0.0577. The van der Waals surface area contributed by atoms with Crippen LogP contribution in [0.4, 0.5) is 0 Å². The molecule has 3 unspecified atom stereocenters. The lowest BCUT2D eigenvalue weighted by atomic mass is 9.92. The van der Waals surface area contributed by atoms with Crippen molar-refractivity contribution >= 4 is 0 Å². The number of phenolic OH excluding ortho intramolecular Hbond substituents is 1. The summed E-state index contributed by atoms with van der Waals surface area (Å²) in [5, 5.41) is 9.38. The first-order valence-electron chi connectivity index (χ1n) is 6.90. The highest BCUT2D eigenvalue weighted by Crippen LogP contribution is 2.32. The number of hydrogen-bond acceptors (Lipinski definition) is 3. The second-order valence-corrected chi connectivity index (χ2v) is 5.42. The van der Waals surface area contributed by atoms with Gasteiger partial charge in [0.1, 0.15) is 5.75 Å². The molecule has 18 heavy (non-hydrogen) atoms. The number of rotatable bonds is 3. The highest BCUT2D eigenvalue weighted by Gasteiger charge is 2.31. The predicted molar refractivity (Wildman–Crippen MR) is 74.5 cm³/mol. The molecule has 0 radical (unpaired) electrons. The van der Waals surface area contributed by atoms with Crippen LogP contribution >= 0.6 is 0 Å². The predicted octanol–water partition coefficient (Wildman–Crippen LogP) is 2.65. The zero-order chi connectivity index (χ0) is 13.1. The van der Waals surface area contributed by atoms with Crippen LogP contribution in [0.15, 0.2) is 24.3 Å². The molecule has 3 N–H and O–H groups in total. The van der Waals surface area contributed by atoms with Crippen molar-refractivity contribution in [2.75, 3.05) is 6.54 Å². The Bertz CT molecular complexity index is 367. The molecule has 100 valence electrons. The minimum atomic E-state index is 0.260. The summed E-state index contributed by atoms with van der Waals surface area (Å²) < 4.78 is 0. The fourth-order valence-corrected chi connectivity index (χ4v) is 3.18. The van der Waals surface area contributed by atoms with Crippen LogP contribution < -0.4 is 5.73 Å². The maximum Gasteiger partial charge on any atom is 0.115 e. The van der Waals surface area contributed by atoms with Crippen LogP contribution in [0.5, 0.6) is 5.75 Å². The quantitative estimate of drug-likeness (QED) is 0.864. The van der Waals surface area contributed by atoms with Gasteiger partial charge in [0.2, 0.25) is 0 Å². The lowest BCUT2D eigenvalue weighted by Gasteiger charge is -2.44. The first-order chi connectivity index (χ1) is 8.63. The van der Waals surface area contributed by atoms with Gasteiger partial charge >= 0.3 is 0 Å². The third-order valence-corrected chi connectivity index (χ3v) is 4.12. The molecule has 1 saturated heterocycles. The van der Waals surface area contributed by atoms with E-state index in [1.165, 1.54) is 24.8 Å². The van der Waals surface area contributed by atoms with E-state index in [2.05, 4.69) is 18.7 Å². The Kier molecular flexibility index (Phi) is 4.25. The minimum absolute atomic E-state index is 0.260. The van der Waals surface area contributed by atoms with Crippen molar-refractivity contribution < 1.29 is 5.11 Å². The Morgan fingerprint density at radius 3 is 2.28 bits per heavy atom. The Morgan fingerprint density at radius 1 is 1.22 bits per heavy atom. The van der Waals surface area contributed by atoms with E-state index in [1.807, 2.05) is 12.1 Å². The number of nitrogens with two attached hydrogens (primary N) is 1. The molecule has 1 aromatic rings. The van der Waals surface area contributed by atoms with Crippen LogP contribution in [0.1, 0.15) is 44.7 Å². The van der Waals surface area contributed by atoms with Gasteiger partial charge in [0.05, 0.1) is 0 Å². The van der Waals surface area contributed by atoms with Gasteiger partial charge in [-0.3, -0.25) is 4.90 Å². The molecule has 2 rings (SSSR count). The van der Waals surface area contributed by atoms with E-state index in [0.29, 0.717) is 24.4 Å². The summed E-state index contributed by atoms with van der Waals surface area (Å²) in [4.78, 5) is 2.54. The highest BCUT2D eigenvalue weighted by molar-refractivity contribution is 5.28. The zero-order valence-electron chi connectivity index (χ0n) is 11.3. The molecule has 1 fully saturated rings. The van der Waals surface area contributed by atoms with Crippen molar-refractivity contribution in [1.82, 2.24) is 4.90 Å². The van der Waals surface area contributed by atoms with E-state index in [9.17, 15) is 5.11 Å². The zero-order valence-corrected chi connectivity index (χ0v) is 11.3. The van der Waals surface area contributed by atoms with Gasteiger partial charge in [0.15, 0.2) is 0 Å². The molecule has 1 aliphatic rings. The molecular formula is C15H24N2O. The summed E-state index contributed by atoms with van der Waals surface area (Å²) in [5.41, 5.74) is 7.20. The molecular weight excluding hydrogens is 224 g/mol. The molecule has 0 spiro atoms. The number of nitrogens with zero attached hydrogens (tertiary/aromatic N) is 1. The molecule has 3 nitrogen and oxygen atoms in total. The largest absolute Gasteiger partial charge is 0.508 e. The van der Waals surface area contributed by atoms with Crippen molar-refractivity contribution in [1.29, 1.82) is 0 Å². The number of likely N-dealkylation sites (tertiary alicyclic amines) is 1. The number of piperidine rings is 1. The lowest BCUT2D eigenvalue weighted by Crippen LogP contribution is -2.48. The number of hydrogen-bond donors (Lipinski definition) is 2. The molecule has 0 amide bonds. The summed E-state index contributed by atoms with van der Waals surface area (Å²) in [6, 6.07) is 8.89. The van der Waals surface area contributed by atoms with Crippen molar-refractivity contribution in [3.05, 3.63) is 29.8 Å². The van der Waals surface area contributed by atoms with E-state index in [4.69, 9.17) is 5.73 Å². The Labute approximate surface area is 110 Å². The molecule has 1 heterocycles. The van der Waals surface area contributed by atoms with Gasteiger partial charge in [-0.05, 0) is 44.4 Å².